The number of likely N-dealkylation sites (N-methyl/N-ethyl adjacent to an activating group) is 1. The summed E-state index contributed by atoms with van der Waals surface area (Å²) in [6.45, 7) is 5.79. The lowest BCUT2D eigenvalue weighted by Crippen LogP contribution is -2.52. The number of methoxy groups -OCH3 is 1. The molecule has 0 fully saturated rings. The van der Waals surface area contributed by atoms with Gasteiger partial charge in [-0.2, -0.15) is 5.10 Å². The predicted molar refractivity (Wildman–Crippen MR) is 120 cm³/mol. The molecule has 0 spiro atoms. The first-order valence-electron chi connectivity index (χ1n) is 10.3. The molecule has 172 valence electrons. The second-order valence-electron chi connectivity index (χ2n) is 8.15. The van der Waals surface area contributed by atoms with Crippen molar-refractivity contribution in [2.24, 2.45) is 0 Å². The van der Waals surface area contributed by atoms with Gasteiger partial charge in [0, 0.05) is 25.9 Å². The van der Waals surface area contributed by atoms with E-state index in [1.54, 1.807) is 51.1 Å². The number of ether oxygens (including phenoxy) is 2. The maximum absolute atomic E-state index is 12.8. The van der Waals surface area contributed by atoms with Gasteiger partial charge in [0.05, 0.1) is 43.4 Å². The summed E-state index contributed by atoms with van der Waals surface area (Å²) in [4.78, 5) is 41.8. The van der Waals surface area contributed by atoms with Crippen molar-refractivity contribution in [3.63, 3.8) is 0 Å². The van der Waals surface area contributed by atoms with Crippen LogP contribution in [0.3, 0.4) is 0 Å². The van der Waals surface area contributed by atoms with E-state index in [-0.39, 0.29) is 31.1 Å². The third-order valence-corrected chi connectivity index (χ3v) is 5.10. The van der Waals surface area contributed by atoms with Crippen LogP contribution in [0.15, 0.2) is 30.6 Å². The van der Waals surface area contributed by atoms with Crippen LogP contribution in [-0.4, -0.2) is 72.7 Å². The van der Waals surface area contributed by atoms with E-state index in [0.29, 0.717) is 11.4 Å². The summed E-state index contributed by atoms with van der Waals surface area (Å²) in [5, 5.41) is 4.27. The maximum atomic E-state index is 12.8. The molecule has 2 aromatic rings. The van der Waals surface area contributed by atoms with Crippen molar-refractivity contribution in [3.05, 3.63) is 30.6 Å². The number of carbonyl (C=O) groups is 3. The van der Waals surface area contributed by atoms with Crippen LogP contribution in [0.25, 0.3) is 11.1 Å². The average molecular weight is 444 g/mol. The van der Waals surface area contributed by atoms with Crippen LogP contribution >= 0.6 is 0 Å². The summed E-state index contributed by atoms with van der Waals surface area (Å²) >= 11 is 0. The first kappa shape index (κ1) is 23.1. The zero-order chi connectivity index (χ0) is 23.6. The van der Waals surface area contributed by atoms with Crippen LogP contribution in [0.5, 0.6) is 0 Å². The minimum Gasteiger partial charge on any atom is -0.452 e. The number of carbonyl (C=O) groups excluding carboxylic acids is 3. The smallest absolute Gasteiger partial charge is 0.414 e. The fraction of sp³-hybridized carbons (Fsp3) is 0.455. The highest BCUT2D eigenvalue weighted by atomic mass is 16.6. The standard InChI is InChI=1S/C22H29N5O5/c1-14(2)32-21(29)26-11-15(3)27(22(30)31-6)18-8-7-16(9-19(18)26)17-10-23-25(12-17)13-20(28)24(4)5/h7-10,12,14-15H,11,13H2,1-6H3/t15-/m0/s1. The van der Waals surface area contributed by atoms with Crippen LogP contribution < -0.4 is 9.80 Å². The number of hydrogen-bond donors (Lipinski definition) is 0. The maximum Gasteiger partial charge on any atom is 0.414 e. The molecule has 3 rings (SSSR count). The molecule has 1 aliphatic rings. The first-order chi connectivity index (χ1) is 15.1. The topological polar surface area (TPSA) is 97.2 Å². The number of amides is 3. The molecule has 0 radical (unpaired) electrons. The van der Waals surface area contributed by atoms with E-state index in [2.05, 4.69) is 5.10 Å². The molecule has 0 aliphatic carbocycles. The Labute approximate surface area is 187 Å². The Kier molecular flexibility index (Phi) is 6.71. The Morgan fingerprint density at radius 3 is 2.50 bits per heavy atom. The van der Waals surface area contributed by atoms with Crippen molar-refractivity contribution in [2.45, 2.75) is 39.5 Å². The van der Waals surface area contributed by atoms with Gasteiger partial charge >= 0.3 is 12.2 Å². The first-order valence-corrected chi connectivity index (χ1v) is 10.3. The van der Waals surface area contributed by atoms with Gasteiger partial charge in [-0.1, -0.05) is 6.07 Å². The SMILES string of the molecule is COC(=O)N1c2ccc(-c3cnn(CC(=O)N(C)C)c3)cc2N(C(=O)OC(C)C)C[C@@H]1C. The molecule has 10 nitrogen and oxygen atoms in total. The van der Waals surface area contributed by atoms with Gasteiger partial charge in [-0.3, -0.25) is 19.3 Å². The van der Waals surface area contributed by atoms with Crippen molar-refractivity contribution in [1.29, 1.82) is 0 Å². The van der Waals surface area contributed by atoms with Gasteiger partial charge in [-0.15, -0.1) is 0 Å². The van der Waals surface area contributed by atoms with Crippen LogP contribution in [0.2, 0.25) is 0 Å². The lowest BCUT2D eigenvalue weighted by atomic mass is 10.0. The van der Waals surface area contributed by atoms with Crippen LogP contribution in [0, 0.1) is 0 Å². The molecule has 0 saturated carbocycles. The number of nitrogens with zero attached hydrogens (tertiary/aromatic N) is 5. The van der Waals surface area contributed by atoms with Crippen LogP contribution in [0.4, 0.5) is 21.0 Å². The third-order valence-electron chi connectivity index (χ3n) is 5.10. The Hall–Kier alpha value is -3.56. The lowest BCUT2D eigenvalue weighted by Gasteiger charge is -2.40. The molecular formula is C22H29N5O5. The van der Waals surface area contributed by atoms with E-state index in [0.717, 1.165) is 11.1 Å². The number of benzene rings is 1. The number of anilines is 2. The summed E-state index contributed by atoms with van der Waals surface area (Å²) in [5.74, 6) is -0.0737. The minimum absolute atomic E-state index is 0.0737. The molecule has 1 aliphatic heterocycles. The van der Waals surface area contributed by atoms with Crippen molar-refractivity contribution in [3.8, 4) is 11.1 Å². The van der Waals surface area contributed by atoms with Gasteiger partial charge in [0.2, 0.25) is 5.91 Å². The van der Waals surface area contributed by atoms with E-state index in [1.165, 1.54) is 21.8 Å². The number of hydrogen-bond acceptors (Lipinski definition) is 6. The molecule has 2 heterocycles. The highest BCUT2D eigenvalue weighted by molar-refractivity contribution is 6.01. The molecular weight excluding hydrogens is 414 g/mol. The van der Waals surface area contributed by atoms with E-state index >= 15 is 0 Å². The molecule has 0 N–H and O–H groups in total. The quantitative estimate of drug-likeness (QED) is 0.721. The molecule has 0 saturated heterocycles. The Morgan fingerprint density at radius 1 is 1.16 bits per heavy atom. The second kappa shape index (κ2) is 9.29. The molecule has 0 unspecified atom stereocenters. The molecule has 3 amide bonds. The van der Waals surface area contributed by atoms with Crippen molar-refractivity contribution in [1.82, 2.24) is 14.7 Å². The van der Waals surface area contributed by atoms with Gasteiger partial charge in [-0.25, -0.2) is 9.59 Å². The Bertz CT molecular complexity index is 1020. The summed E-state index contributed by atoms with van der Waals surface area (Å²) in [7, 11) is 4.70. The van der Waals surface area contributed by atoms with Gasteiger partial charge in [-0.05, 0) is 38.5 Å². The Balaban J connectivity index is 2.01. The molecule has 0 bridgehead atoms. The predicted octanol–water partition coefficient (Wildman–Crippen LogP) is 2.96. The largest absolute Gasteiger partial charge is 0.452 e. The van der Waals surface area contributed by atoms with Crippen molar-refractivity contribution < 1.29 is 23.9 Å². The van der Waals surface area contributed by atoms with E-state index in [1.807, 2.05) is 19.1 Å². The number of rotatable bonds is 4. The van der Waals surface area contributed by atoms with Crippen LogP contribution in [0.1, 0.15) is 20.8 Å². The number of aromatic nitrogens is 2. The zero-order valence-electron chi connectivity index (χ0n) is 19.2. The summed E-state index contributed by atoms with van der Waals surface area (Å²) < 4.78 is 11.9. The van der Waals surface area contributed by atoms with E-state index < -0.39 is 12.2 Å². The molecule has 1 atom stereocenters. The summed E-state index contributed by atoms with van der Waals surface area (Å²) in [6.07, 6.45) is 2.16. The normalized spacial score (nSPS) is 15.4. The molecule has 10 heteroatoms. The molecule has 32 heavy (non-hydrogen) atoms. The monoisotopic (exact) mass is 443 g/mol. The van der Waals surface area contributed by atoms with E-state index in [9.17, 15) is 14.4 Å². The Morgan fingerprint density at radius 2 is 1.88 bits per heavy atom. The number of fused-ring (bicyclic) bond motifs is 1. The van der Waals surface area contributed by atoms with Gasteiger partial charge < -0.3 is 14.4 Å². The van der Waals surface area contributed by atoms with Gasteiger partial charge in [0.15, 0.2) is 0 Å². The molecule has 1 aromatic heterocycles. The lowest BCUT2D eigenvalue weighted by molar-refractivity contribution is -0.129. The van der Waals surface area contributed by atoms with Crippen LogP contribution in [-0.2, 0) is 20.8 Å². The van der Waals surface area contributed by atoms with Crippen molar-refractivity contribution >= 4 is 29.5 Å². The fourth-order valence-electron chi connectivity index (χ4n) is 3.50. The van der Waals surface area contributed by atoms with Crippen molar-refractivity contribution in [2.75, 3.05) is 37.5 Å². The average Bonchev–Trinajstić information content (AvgIpc) is 3.20. The van der Waals surface area contributed by atoms with Gasteiger partial charge in [0.25, 0.3) is 0 Å². The third kappa shape index (κ3) is 4.68. The highest BCUT2D eigenvalue weighted by Gasteiger charge is 2.36. The summed E-state index contributed by atoms with van der Waals surface area (Å²) in [6, 6.07) is 5.12. The second-order valence-corrected chi connectivity index (χ2v) is 8.15. The summed E-state index contributed by atoms with van der Waals surface area (Å²) in [5.41, 5.74) is 2.65. The molecule has 1 aromatic carbocycles. The van der Waals surface area contributed by atoms with E-state index in [4.69, 9.17) is 9.47 Å². The fourth-order valence-corrected chi connectivity index (χ4v) is 3.50. The highest BCUT2D eigenvalue weighted by Crippen LogP contribution is 2.39. The van der Waals surface area contributed by atoms with Gasteiger partial charge in [0.1, 0.15) is 6.54 Å². The zero-order valence-corrected chi connectivity index (χ0v) is 19.2. The minimum atomic E-state index is -0.501.